The number of para-hydroxylation sites is 1. The van der Waals surface area contributed by atoms with Crippen LogP contribution in [-0.2, 0) is 9.53 Å². The number of esters is 1. The van der Waals surface area contributed by atoms with Gasteiger partial charge in [-0.3, -0.25) is 19.8 Å². The van der Waals surface area contributed by atoms with Gasteiger partial charge in [-0.25, -0.2) is 4.79 Å². The van der Waals surface area contributed by atoms with Gasteiger partial charge in [-0.05, 0) is 18.2 Å². The summed E-state index contributed by atoms with van der Waals surface area (Å²) in [5.41, 5.74) is 0.118. The molecule has 0 unspecified atom stereocenters. The molecule has 0 aliphatic rings. The molecule has 0 saturated carbocycles. The molecule has 1 amide bonds. The number of benzene rings is 2. The van der Waals surface area contributed by atoms with Crippen LogP contribution in [0.5, 0.6) is 0 Å². The monoisotopic (exact) mass is 373 g/mol. The van der Waals surface area contributed by atoms with Crippen LogP contribution in [0.2, 0.25) is 5.02 Å². The van der Waals surface area contributed by atoms with Crippen LogP contribution in [0.1, 0.15) is 10.4 Å². The molecule has 0 aliphatic heterocycles. The Balaban J connectivity index is 2.07. The van der Waals surface area contributed by atoms with E-state index in [-0.39, 0.29) is 22.8 Å². The van der Waals surface area contributed by atoms with E-state index in [9.17, 15) is 19.7 Å². The van der Waals surface area contributed by atoms with Gasteiger partial charge in [0.25, 0.3) is 11.6 Å². The lowest BCUT2D eigenvalue weighted by Gasteiger charge is -2.19. The molecule has 0 saturated heterocycles. The van der Waals surface area contributed by atoms with Gasteiger partial charge >= 0.3 is 5.97 Å². The van der Waals surface area contributed by atoms with E-state index < -0.39 is 23.4 Å². The third kappa shape index (κ3) is 4.55. The second-order valence-corrected chi connectivity index (χ2v) is 5.38. The Morgan fingerprint density at radius 2 is 1.92 bits per heavy atom. The average molecular weight is 374 g/mol. The van der Waals surface area contributed by atoms with Crippen LogP contribution in [0.25, 0.3) is 0 Å². The molecule has 2 aromatic rings. The van der Waals surface area contributed by atoms with Crippen LogP contribution in [0.4, 0.5) is 11.4 Å². The van der Waals surface area contributed by atoms with E-state index in [2.05, 4.69) is 0 Å². The first-order chi connectivity index (χ1) is 12.4. The number of amides is 1. The molecule has 0 radical (unpaired) electrons. The number of carbonyl (C=O) groups excluding carboxylic acids is 2. The molecule has 0 atom stereocenters. The van der Waals surface area contributed by atoms with Crippen LogP contribution in [0.3, 0.4) is 0 Å². The summed E-state index contributed by atoms with van der Waals surface area (Å²) in [5.74, 6) is -1.49. The second-order valence-electron chi connectivity index (χ2n) is 4.97. The van der Waals surface area contributed by atoms with Gasteiger partial charge in [0.1, 0.15) is 6.54 Å². The fraction of sp³-hybridized carbons (Fsp3) is 0.118. The van der Waals surface area contributed by atoms with Crippen molar-refractivity contribution >= 4 is 34.9 Å². The van der Waals surface area contributed by atoms with Gasteiger partial charge in [-0.15, -0.1) is 0 Å². The van der Waals surface area contributed by atoms with Crippen molar-refractivity contribution < 1.29 is 19.2 Å². The average Bonchev–Trinajstić information content (AvgIpc) is 2.64. The van der Waals surface area contributed by atoms with Crippen LogP contribution in [0, 0.1) is 21.4 Å². The number of halogens is 1. The van der Waals surface area contributed by atoms with Crippen LogP contribution < -0.4 is 4.90 Å². The fourth-order valence-electron chi connectivity index (χ4n) is 2.07. The van der Waals surface area contributed by atoms with Crippen molar-refractivity contribution in [2.45, 2.75) is 0 Å². The zero-order chi connectivity index (χ0) is 19.1. The van der Waals surface area contributed by atoms with Crippen molar-refractivity contribution in [3.05, 3.63) is 69.2 Å². The fourth-order valence-corrected chi connectivity index (χ4v) is 2.32. The van der Waals surface area contributed by atoms with Crippen molar-refractivity contribution in [2.75, 3.05) is 18.1 Å². The standard InChI is InChI=1S/C17H12ClN3O5/c18-15-10-13(21(24)25)6-7-14(15)17(23)26-11-16(22)20(9-8-19)12-4-2-1-3-5-12/h1-7,10H,9,11H2. The van der Waals surface area contributed by atoms with E-state index in [0.29, 0.717) is 5.69 Å². The lowest BCUT2D eigenvalue weighted by Crippen LogP contribution is -2.35. The van der Waals surface area contributed by atoms with Crippen LogP contribution in [0.15, 0.2) is 48.5 Å². The maximum Gasteiger partial charge on any atom is 0.340 e. The highest BCUT2D eigenvalue weighted by atomic mass is 35.5. The van der Waals surface area contributed by atoms with E-state index in [1.165, 1.54) is 4.90 Å². The number of nitriles is 1. The van der Waals surface area contributed by atoms with Crippen LogP contribution in [-0.4, -0.2) is 30.0 Å². The Bertz CT molecular complexity index is 880. The highest BCUT2D eigenvalue weighted by molar-refractivity contribution is 6.33. The third-order valence-corrected chi connectivity index (χ3v) is 3.62. The normalized spacial score (nSPS) is 9.85. The quantitative estimate of drug-likeness (QED) is 0.333. The van der Waals surface area contributed by atoms with Gasteiger partial charge in [0, 0.05) is 17.8 Å². The highest BCUT2D eigenvalue weighted by Crippen LogP contribution is 2.23. The summed E-state index contributed by atoms with van der Waals surface area (Å²) >= 11 is 5.85. The number of nitro groups is 1. The molecule has 8 nitrogen and oxygen atoms in total. The van der Waals surface area contributed by atoms with E-state index in [4.69, 9.17) is 21.6 Å². The smallest absolute Gasteiger partial charge is 0.340 e. The van der Waals surface area contributed by atoms with E-state index >= 15 is 0 Å². The molecule has 0 spiro atoms. The number of non-ortho nitro benzene ring substituents is 1. The minimum atomic E-state index is -0.900. The summed E-state index contributed by atoms with van der Waals surface area (Å²) in [6.45, 7) is -0.818. The SMILES string of the molecule is N#CCN(C(=O)COC(=O)c1ccc([N+](=O)[O-])cc1Cl)c1ccccc1. The number of ether oxygens (including phenoxy) is 1. The second kappa shape index (κ2) is 8.60. The zero-order valence-corrected chi connectivity index (χ0v) is 14.0. The van der Waals surface area contributed by atoms with Gasteiger partial charge in [-0.2, -0.15) is 5.26 Å². The molecular weight excluding hydrogens is 362 g/mol. The Morgan fingerprint density at radius 3 is 2.50 bits per heavy atom. The van der Waals surface area contributed by atoms with Crippen molar-refractivity contribution in [2.24, 2.45) is 0 Å². The largest absolute Gasteiger partial charge is 0.452 e. The molecule has 0 fully saturated rings. The van der Waals surface area contributed by atoms with Crippen molar-refractivity contribution in [1.29, 1.82) is 5.26 Å². The summed E-state index contributed by atoms with van der Waals surface area (Å²) in [7, 11) is 0. The lowest BCUT2D eigenvalue weighted by atomic mass is 10.2. The summed E-state index contributed by atoms with van der Waals surface area (Å²) in [6, 6.07) is 13.6. The molecule has 2 aromatic carbocycles. The molecular formula is C17H12ClN3O5. The minimum Gasteiger partial charge on any atom is -0.452 e. The first-order valence-electron chi connectivity index (χ1n) is 7.27. The topological polar surface area (TPSA) is 114 Å². The third-order valence-electron chi connectivity index (χ3n) is 3.31. The van der Waals surface area contributed by atoms with Crippen molar-refractivity contribution in [3.8, 4) is 6.07 Å². The first-order valence-corrected chi connectivity index (χ1v) is 7.65. The van der Waals surface area contributed by atoms with Gasteiger partial charge in [0.15, 0.2) is 6.61 Å². The Labute approximate surface area is 153 Å². The molecule has 0 aromatic heterocycles. The molecule has 0 N–H and O–H groups in total. The molecule has 2 rings (SSSR count). The van der Waals surface area contributed by atoms with Gasteiger partial charge in [0.05, 0.1) is 21.6 Å². The van der Waals surface area contributed by atoms with Crippen molar-refractivity contribution in [3.63, 3.8) is 0 Å². The van der Waals surface area contributed by atoms with Crippen LogP contribution >= 0.6 is 11.6 Å². The number of nitro benzene ring substituents is 1. The summed E-state index contributed by atoms with van der Waals surface area (Å²) in [4.78, 5) is 35.5. The summed E-state index contributed by atoms with van der Waals surface area (Å²) in [5, 5.41) is 19.4. The maximum absolute atomic E-state index is 12.3. The summed E-state index contributed by atoms with van der Waals surface area (Å²) in [6.07, 6.45) is 0. The minimum absolute atomic E-state index is 0.100. The number of rotatable bonds is 6. The predicted octanol–water partition coefficient (Wildman–Crippen LogP) is 2.96. The van der Waals surface area contributed by atoms with Gasteiger partial charge in [-0.1, -0.05) is 29.8 Å². The van der Waals surface area contributed by atoms with Gasteiger partial charge in [0.2, 0.25) is 0 Å². The molecule has 0 aliphatic carbocycles. The maximum atomic E-state index is 12.3. The zero-order valence-electron chi connectivity index (χ0n) is 13.3. The number of hydrogen-bond donors (Lipinski definition) is 0. The molecule has 0 bridgehead atoms. The molecule has 9 heteroatoms. The number of nitrogens with zero attached hydrogens (tertiary/aromatic N) is 3. The Morgan fingerprint density at radius 1 is 1.23 bits per heavy atom. The number of hydrogen-bond acceptors (Lipinski definition) is 6. The van der Waals surface area contributed by atoms with E-state index in [1.807, 2.05) is 6.07 Å². The lowest BCUT2D eigenvalue weighted by molar-refractivity contribution is -0.384. The Kier molecular flexibility index (Phi) is 6.25. The van der Waals surface area contributed by atoms with E-state index in [1.54, 1.807) is 30.3 Å². The molecule has 132 valence electrons. The highest BCUT2D eigenvalue weighted by Gasteiger charge is 2.20. The Hall–Kier alpha value is -3.44. The van der Waals surface area contributed by atoms with Gasteiger partial charge < -0.3 is 4.74 Å². The molecule has 26 heavy (non-hydrogen) atoms. The van der Waals surface area contributed by atoms with E-state index in [0.717, 1.165) is 18.2 Å². The number of carbonyl (C=O) groups is 2. The number of anilines is 1. The first kappa shape index (κ1) is 18.9. The summed E-state index contributed by atoms with van der Waals surface area (Å²) < 4.78 is 4.93. The van der Waals surface area contributed by atoms with Crippen molar-refractivity contribution in [1.82, 2.24) is 0 Å². The predicted molar refractivity (Wildman–Crippen MR) is 92.8 cm³/mol. The molecule has 0 heterocycles.